The fraction of sp³-hybridized carbons (Fsp3) is 0.103. The first-order valence-electron chi connectivity index (χ1n) is 23.9. The largest absolute Gasteiger partial charge is 0.451 e. The monoisotopic (exact) mass is 1310 g/mol. The number of alkyl halides is 12. The van der Waals surface area contributed by atoms with E-state index in [4.69, 9.17) is 0 Å². The molecule has 0 bridgehead atoms. The van der Waals surface area contributed by atoms with E-state index in [0.29, 0.717) is 12.2 Å². The minimum absolute atomic E-state index is 0.0348. The molecule has 0 heterocycles. The quantitative estimate of drug-likeness (QED) is 0.0757. The Labute approximate surface area is 482 Å². The summed E-state index contributed by atoms with van der Waals surface area (Å²) >= 11 is 0. The summed E-state index contributed by atoms with van der Waals surface area (Å²) in [5.41, 5.74) is -25.4. The molecule has 8 aromatic rings. The fourth-order valence-corrected chi connectivity index (χ4v) is 9.16. The predicted molar refractivity (Wildman–Crippen MR) is 256 cm³/mol. The third kappa shape index (κ3) is 10.6. The third-order valence-electron chi connectivity index (χ3n) is 13.3. The molecule has 0 aliphatic rings. The van der Waals surface area contributed by atoms with Crippen molar-refractivity contribution >= 4 is 12.2 Å². The molecule has 90 heavy (non-hydrogen) atoms. The Hall–Kier alpha value is -9.52. The maximum absolute atomic E-state index is 15.7. The second-order valence-corrected chi connectivity index (χ2v) is 18.3. The summed E-state index contributed by atoms with van der Waals surface area (Å²) in [6.45, 7) is 5.89. The lowest BCUT2D eigenvalue weighted by Crippen LogP contribution is -2.54. The first-order chi connectivity index (χ1) is 41.8. The smallest absolute Gasteiger partial charge is 0.411 e. The van der Waals surface area contributed by atoms with Gasteiger partial charge < -0.3 is 18.9 Å². The molecule has 8 aromatic carbocycles. The van der Waals surface area contributed by atoms with Crippen LogP contribution in [-0.2, 0) is 10.8 Å². The van der Waals surface area contributed by atoms with E-state index < -0.39 is 219 Å². The highest BCUT2D eigenvalue weighted by Gasteiger charge is 2.74. The minimum Gasteiger partial charge on any atom is -0.451 e. The van der Waals surface area contributed by atoms with Crippen molar-refractivity contribution in [1.82, 2.24) is 0 Å². The van der Waals surface area contributed by atoms with Gasteiger partial charge in [0.25, 0.3) is 0 Å². The van der Waals surface area contributed by atoms with Gasteiger partial charge in [-0.1, -0.05) is 73.8 Å². The molecular weight excluding hydrogens is 1290 g/mol. The van der Waals surface area contributed by atoms with Crippen LogP contribution in [0, 0.1) is 93.1 Å². The number of hydrogen-bond donors (Lipinski definition) is 0. The SMILES string of the molecule is C=Cc1c(F)c(F)c(Oc2ccc(C(c3ccc(Oc4c(F)c(F)c(-c5c(F)c(F)c(Oc6ccc(C(c7ccc(Oc8c(F)c(F)c(C=C)c(F)c8F)cc7)(C(F)(F)F)C(F)(F)F)cc6)c(F)c5F)c(F)c4F)cc3)(C(F)(F)F)C(F)(F)F)cc2)c(F)c1F. The zero-order valence-corrected chi connectivity index (χ0v) is 43.0. The predicted octanol–water partition coefficient (Wildman–Crippen LogP) is 20.9. The summed E-state index contributed by atoms with van der Waals surface area (Å²) in [7, 11) is 0. The second-order valence-electron chi connectivity index (χ2n) is 18.3. The van der Waals surface area contributed by atoms with Crippen molar-refractivity contribution in [3.63, 3.8) is 0 Å². The van der Waals surface area contributed by atoms with Gasteiger partial charge in [-0.2, -0.15) is 87.8 Å². The number of rotatable bonds is 15. The molecule has 474 valence electrons. The van der Waals surface area contributed by atoms with Gasteiger partial charge in [0.15, 0.2) is 46.5 Å². The minimum atomic E-state index is -6.45. The van der Waals surface area contributed by atoms with Crippen LogP contribution in [0.25, 0.3) is 23.3 Å². The highest BCUT2D eigenvalue weighted by Crippen LogP contribution is 2.59. The maximum Gasteiger partial charge on any atom is 0.411 e. The van der Waals surface area contributed by atoms with Gasteiger partial charge in [-0.15, -0.1) is 0 Å². The first kappa shape index (κ1) is 66.4. The van der Waals surface area contributed by atoms with Crippen LogP contribution >= 0.6 is 0 Å². The van der Waals surface area contributed by atoms with E-state index in [1.54, 1.807) is 0 Å². The molecule has 0 aromatic heterocycles. The van der Waals surface area contributed by atoms with E-state index in [9.17, 15) is 87.8 Å². The summed E-state index contributed by atoms with van der Waals surface area (Å²) in [6.07, 6.45) is -25.1. The van der Waals surface area contributed by atoms with Gasteiger partial charge in [0.1, 0.15) is 23.0 Å². The van der Waals surface area contributed by atoms with Gasteiger partial charge in [0.2, 0.25) is 80.4 Å². The lowest BCUT2D eigenvalue weighted by atomic mass is 9.73. The zero-order chi connectivity index (χ0) is 67.0. The van der Waals surface area contributed by atoms with Gasteiger partial charge in [-0.05, 0) is 70.8 Å². The van der Waals surface area contributed by atoms with Crippen LogP contribution in [-0.4, -0.2) is 24.7 Å². The zero-order valence-electron chi connectivity index (χ0n) is 43.0. The molecule has 0 aliphatic carbocycles. The average Bonchev–Trinajstić information content (AvgIpc) is 0.731. The molecule has 32 heteroatoms. The van der Waals surface area contributed by atoms with E-state index >= 15 is 35.1 Å². The maximum atomic E-state index is 15.7. The third-order valence-corrected chi connectivity index (χ3v) is 13.3. The van der Waals surface area contributed by atoms with Crippen molar-refractivity contribution in [2.24, 2.45) is 0 Å². The number of halogens is 28. The van der Waals surface area contributed by atoms with Gasteiger partial charge in [0, 0.05) is 0 Å². The van der Waals surface area contributed by atoms with Crippen LogP contribution in [0.1, 0.15) is 33.4 Å². The van der Waals surface area contributed by atoms with Crippen molar-refractivity contribution in [3.8, 4) is 57.1 Å². The van der Waals surface area contributed by atoms with Crippen LogP contribution in [0.4, 0.5) is 123 Å². The molecule has 0 unspecified atom stereocenters. The molecule has 0 saturated heterocycles. The summed E-state index contributed by atoms with van der Waals surface area (Å²) in [4.78, 5) is 0. The first-order valence-corrected chi connectivity index (χ1v) is 23.9. The summed E-state index contributed by atoms with van der Waals surface area (Å²) < 4.78 is 438. The highest BCUT2D eigenvalue weighted by atomic mass is 19.4. The molecule has 0 amide bonds. The van der Waals surface area contributed by atoms with E-state index in [2.05, 4.69) is 32.1 Å². The molecule has 0 radical (unpaired) electrons. The van der Waals surface area contributed by atoms with Crippen molar-refractivity contribution in [2.75, 3.05) is 0 Å². The molecule has 0 saturated carbocycles. The lowest BCUT2D eigenvalue weighted by Gasteiger charge is -2.38. The van der Waals surface area contributed by atoms with Gasteiger partial charge in [-0.3, -0.25) is 0 Å². The van der Waals surface area contributed by atoms with Crippen LogP contribution in [0.2, 0.25) is 0 Å². The fourth-order valence-electron chi connectivity index (χ4n) is 9.16. The van der Waals surface area contributed by atoms with Crippen molar-refractivity contribution < 1.29 is 142 Å². The topological polar surface area (TPSA) is 36.9 Å². The summed E-state index contributed by atoms with van der Waals surface area (Å²) in [5.74, 6) is -53.6. The Morgan fingerprint density at radius 3 is 0.533 bits per heavy atom. The molecule has 0 fully saturated rings. The Bertz CT molecular complexity index is 3740. The van der Waals surface area contributed by atoms with Crippen molar-refractivity contribution in [1.29, 1.82) is 0 Å². The van der Waals surface area contributed by atoms with Gasteiger partial charge in [-0.25, -0.2) is 35.1 Å². The number of ether oxygens (including phenoxy) is 4. The highest BCUT2D eigenvalue weighted by molar-refractivity contribution is 5.70. The van der Waals surface area contributed by atoms with Crippen LogP contribution in [0.15, 0.2) is 110 Å². The summed E-state index contributed by atoms with van der Waals surface area (Å²) in [5, 5.41) is 0. The van der Waals surface area contributed by atoms with Crippen molar-refractivity contribution in [2.45, 2.75) is 35.5 Å². The molecule has 4 nitrogen and oxygen atoms in total. The van der Waals surface area contributed by atoms with Gasteiger partial charge >= 0.3 is 24.7 Å². The normalized spacial score (nSPS) is 12.5. The van der Waals surface area contributed by atoms with Crippen LogP contribution < -0.4 is 18.9 Å². The average molecular weight is 1310 g/mol. The second kappa shape index (κ2) is 23.5. The molecular formula is C58H22F28O4. The Morgan fingerprint density at radius 1 is 0.233 bits per heavy atom. The summed E-state index contributed by atoms with van der Waals surface area (Å²) in [6, 6.07) is 1.15. The van der Waals surface area contributed by atoms with E-state index in [0.717, 1.165) is 0 Å². The van der Waals surface area contributed by atoms with Crippen LogP contribution in [0.3, 0.4) is 0 Å². The van der Waals surface area contributed by atoms with E-state index in [1.807, 2.05) is 0 Å². The molecule has 0 atom stereocenters. The van der Waals surface area contributed by atoms with Crippen molar-refractivity contribution in [3.05, 3.63) is 237 Å². The van der Waals surface area contributed by atoms with E-state index in [-0.39, 0.29) is 97.1 Å². The van der Waals surface area contributed by atoms with Gasteiger partial charge in [0.05, 0.1) is 22.3 Å². The Morgan fingerprint density at radius 2 is 0.389 bits per heavy atom. The van der Waals surface area contributed by atoms with E-state index in [1.165, 1.54) is 0 Å². The molecule has 0 spiro atoms. The Kier molecular flexibility index (Phi) is 17.3. The molecule has 0 N–H and O–H groups in total. The molecule has 0 aliphatic heterocycles. The number of benzene rings is 8. The van der Waals surface area contributed by atoms with Crippen LogP contribution in [0.5, 0.6) is 46.0 Å². The standard InChI is InChI=1S/C58H22F28O4/c1-3-29-33(59)41(67)49(42(68)34(29)60)87-25-13-5-21(6-14-25)53(55(75,76)77,56(78,79)80)23-9-17-27(18-10-23)89-51-45(71)37(63)31(38(64)46(51)72)32-39(65)47(73)52(48(74)40(32)66)90-28-19-11-24(12-20-28)54(57(81,82)83,58(84,85)86)22-7-15-26(16-8-22)88-50-43(69)35(61)30(4-2)36(62)44(50)70/h3-20H,1-2H2. The number of hydrogen-bond acceptors (Lipinski definition) is 4. The lowest BCUT2D eigenvalue weighted by molar-refractivity contribution is -0.290. The Balaban J connectivity index is 1.08. The molecule has 8 rings (SSSR count).